The molecule has 1 heterocycles. The van der Waals surface area contributed by atoms with Crippen molar-refractivity contribution in [2.45, 2.75) is 25.0 Å². The van der Waals surface area contributed by atoms with Crippen LogP contribution < -0.4 is 19.5 Å². The summed E-state index contributed by atoms with van der Waals surface area (Å²) in [5.41, 5.74) is 2.67. The van der Waals surface area contributed by atoms with Crippen molar-refractivity contribution in [3.05, 3.63) is 82.4 Å². The third-order valence-electron chi connectivity index (χ3n) is 5.58. The first kappa shape index (κ1) is 25.1. The maximum Gasteiger partial charge on any atom is 0.231 e. The van der Waals surface area contributed by atoms with E-state index in [1.165, 1.54) is 12.1 Å². The van der Waals surface area contributed by atoms with Gasteiger partial charge >= 0.3 is 0 Å². The molecule has 0 amide bonds. The molecule has 186 valence electrons. The predicted molar refractivity (Wildman–Crippen MR) is 135 cm³/mol. The van der Waals surface area contributed by atoms with Crippen LogP contribution in [0.1, 0.15) is 22.7 Å². The van der Waals surface area contributed by atoms with E-state index >= 15 is 0 Å². The van der Waals surface area contributed by atoms with Crippen LogP contribution >= 0.6 is 11.6 Å². The number of aliphatic hydroxyl groups excluding tert-OH is 1. The van der Waals surface area contributed by atoms with E-state index in [9.17, 15) is 18.6 Å². The van der Waals surface area contributed by atoms with Gasteiger partial charge in [-0.3, -0.25) is 4.72 Å². The number of hydrogen-bond acceptors (Lipinski definition) is 7. The van der Waals surface area contributed by atoms with Crippen LogP contribution in [0.25, 0.3) is 0 Å². The van der Waals surface area contributed by atoms with E-state index in [2.05, 4.69) is 10.0 Å². The summed E-state index contributed by atoms with van der Waals surface area (Å²) in [7, 11) is -3.55. The van der Waals surface area contributed by atoms with E-state index in [1.807, 2.05) is 36.4 Å². The van der Waals surface area contributed by atoms with Gasteiger partial charge in [0.25, 0.3) is 0 Å². The highest BCUT2D eigenvalue weighted by Crippen LogP contribution is 2.39. The minimum absolute atomic E-state index is 0.0688. The molecule has 35 heavy (non-hydrogen) atoms. The van der Waals surface area contributed by atoms with Crippen LogP contribution in [-0.4, -0.2) is 44.3 Å². The Morgan fingerprint density at radius 1 is 1.00 bits per heavy atom. The molecule has 0 bridgehead atoms. The fraction of sp³-hybridized carbons (Fsp3) is 0.280. The van der Waals surface area contributed by atoms with Crippen LogP contribution in [0.5, 0.6) is 17.2 Å². The second-order valence-corrected chi connectivity index (χ2v) is 10.6. The molecule has 0 aromatic heterocycles. The molecule has 2 atom stereocenters. The lowest BCUT2D eigenvalue weighted by atomic mass is 9.97. The Morgan fingerprint density at radius 3 is 2.43 bits per heavy atom. The number of anilines is 1. The van der Waals surface area contributed by atoms with Gasteiger partial charge in [-0.05, 0) is 47.7 Å². The third kappa shape index (κ3) is 6.79. The summed E-state index contributed by atoms with van der Waals surface area (Å²) >= 11 is 6.58. The zero-order valence-electron chi connectivity index (χ0n) is 19.1. The molecule has 10 heteroatoms. The number of rotatable bonds is 10. The normalized spacial score (nSPS) is 14.5. The molecule has 4 N–H and O–H groups in total. The van der Waals surface area contributed by atoms with Crippen molar-refractivity contribution >= 4 is 27.3 Å². The SMILES string of the molecule is CS(=O)(=O)Nc1cc(CC(O)CNC(Cc2ccccc2)c2cc3c(cc2Cl)OCO3)ccc1O. The minimum atomic E-state index is -3.55. The molecule has 3 aromatic carbocycles. The highest BCUT2D eigenvalue weighted by Gasteiger charge is 2.23. The number of phenolic OH excluding ortho intramolecular Hbond substituents is 1. The van der Waals surface area contributed by atoms with Gasteiger partial charge in [0.15, 0.2) is 11.5 Å². The Balaban J connectivity index is 1.49. The van der Waals surface area contributed by atoms with Gasteiger partial charge in [0.05, 0.1) is 18.0 Å². The molecule has 8 nitrogen and oxygen atoms in total. The summed E-state index contributed by atoms with van der Waals surface area (Å²) in [5.74, 6) is 1.04. The summed E-state index contributed by atoms with van der Waals surface area (Å²) in [4.78, 5) is 0. The van der Waals surface area contributed by atoms with Crippen LogP contribution in [0.15, 0.2) is 60.7 Å². The topological polar surface area (TPSA) is 117 Å². The van der Waals surface area contributed by atoms with Gasteiger partial charge in [-0.1, -0.05) is 48.0 Å². The van der Waals surface area contributed by atoms with Crippen LogP contribution in [0.2, 0.25) is 5.02 Å². The molecule has 0 spiro atoms. The van der Waals surface area contributed by atoms with Crippen LogP contribution in [0.3, 0.4) is 0 Å². The van der Waals surface area contributed by atoms with Gasteiger partial charge in [0.2, 0.25) is 16.8 Å². The Hall–Kier alpha value is -2.98. The monoisotopic (exact) mass is 518 g/mol. The van der Waals surface area contributed by atoms with Gasteiger partial charge in [-0.15, -0.1) is 0 Å². The molecule has 0 saturated carbocycles. The first-order valence-corrected chi connectivity index (χ1v) is 13.3. The highest BCUT2D eigenvalue weighted by atomic mass is 35.5. The number of nitrogens with one attached hydrogen (secondary N) is 2. The Bertz CT molecular complexity index is 1290. The van der Waals surface area contributed by atoms with E-state index in [0.717, 1.165) is 17.4 Å². The van der Waals surface area contributed by atoms with E-state index in [1.54, 1.807) is 12.1 Å². The smallest absolute Gasteiger partial charge is 0.231 e. The standard InChI is InChI=1S/C25H27ClN2O6S/c1-35(31,32)28-22-11-17(7-8-23(22)30)9-18(29)14-27-21(10-16-5-3-2-4-6-16)19-12-24-25(13-20(19)26)34-15-33-24/h2-8,11-13,18,21,27-30H,9-10,14-15H2,1H3. The number of fused-ring (bicyclic) bond motifs is 1. The summed E-state index contributed by atoms with van der Waals surface area (Å²) in [6, 6.07) is 17.9. The van der Waals surface area contributed by atoms with Crippen molar-refractivity contribution in [1.82, 2.24) is 5.32 Å². The molecule has 3 aromatic rings. The van der Waals surface area contributed by atoms with Crippen LogP contribution in [0.4, 0.5) is 5.69 Å². The largest absolute Gasteiger partial charge is 0.506 e. The quantitative estimate of drug-likeness (QED) is 0.303. The molecule has 0 fully saturated rings. The molecule has 1 aliphatic heterocycles. The zero-order valence-corrected chi connectivity index (χ0v) is 20.6. The molecule has 0 aliphatic carbocycles. The predicted octanol–water partition coefficient (Wildman–Crippen LogP) is 3.62. The number of sulfonamides is 1. The van der Waals surface area contributed by atoms with Gasteiger partial charge in [-0.25, -0.2) is 8.42 Å². The van der Waals surface area contributed by atoms with E-state index < -0.39 is 16.1 Å². The lowest BCUT2D eigenvalue weighted by molar-refractivity contribution is 0.167. The van der Waals surface area contributed by atoms with Crippen molar-refractivity contribution in [3.63, 3.8) is 0 Å². The molecule has 0 saturated heterocycles. The molecule has 0 radical (unpaired) electrons. The summed E-state index contributed by atoms with van der Waals surface area (Å²) < 4.78 is 36.3. The number of ether oxygens (including phenoxy) is 2. The summed E-state index contributed by atoms with van der Waals surface area (Å²) in [5, 5.41) is 24.6. The first-order valence-electron chi connectivity index (χ1n) is 11.0. The highest BCUT2D eigenvalue weighted by molar-refractivity contribution is 7.92. The summed E-state index contributed by atoms with van der Waals surface area (Å²) in [6.07, 6.45) is 1.11. The van der Waals surface area contributed by atoms with Gasteiger partial charge in [0.1, 0.15) is 5.75 Å². The number of phenols is 1. The van der Waals surface area contributed by atoms with Gasteiger partial charge < -0.3 is 25.0 Å². The van der Waals surface area contributed by atoms with E-state index in [-0.39, 0.29) is 37.2 Å². The average molecular weight is 519 g/mol. The van der Waals surface area contributed by atoms with Crippen molar-refractivity contribution in [2.24, 2.45) is 0 Å². The average Bonchev–Trinajstić information content (AvgIpc) is 3.25. The van der Waals surface area contributed by atoms with Gasteiger partial charge in [0, 0.05) is 23.7 Å². The molecular weight excluding hydrogens is 492 g/mol. The third-order valence-corrected chi connectivity index (χ3v) is 6.50. The maximum absolute atomic E-state index is 11.5. The van der Waals surface area contributed by atoms with Crippen molar-refractivity contribution < 1.29 is 28.1 Å². The maximum atomic E-state index is 11.5. The Labute approximate surface area is 209 Å². The number of halogens is 1. The first-order chi connectivity index (χ1) is 16.7. The molecule has 4 rings (SSSR count). The minimum Gasteiger partial charge on any atom is -0.506 e. The van der Waals surface area contributed by atoms with Crippen LogP contribution in [-0.2, 0) is 22.9 Å². The number of aromatic hydroxyl groups is 1. The lowest BCUT2D eigenvalue weighted by Gasteiger charge is -2.23. The summed E-state index contributed by atoms with van der Waals surface area (Å²) in [6.45, 7) is 0.394. The van der Waals surface area contributed by atoms with Crippen molar-refractivity contribution in [3.8, 4) is 17.2 Å². The number of aliphatic hydroxyl groups is 1. The second-order valence-electron chi connectivity index (χ2n) is 8.46. The fourth-order valence-electron chi connectivity index (χ4n) is 3.96. The molecule has 2 unspecified atom stereocenters. The second kappa shape index (κ2) is 10.7. The van der Waals surface area contributed by atoms with Crippen LogP contribution in [0, 0.1) is 0 Å². The lowest BCUT2D eigenvalue weighted by Crippen LogP contribution is -2.33. The van der Waals surface area contributed by atoms with E-state index in [4.69, 9.17) is 21.1 Å². The van der Waals surface area contributed by atoms with Crippen molar-refractivity contribution in [1.29, 1.82) is 0 Å². The van der Waals surface area contributed by atoms with E-state index in [0.29, 0.717) is 28.5 Å². The Morgan fingerprint density at radius 2 is 1.71 bits per heavy atom. The number of hydrogen-bond donors (Lipinski definition) is 4. The number of benzene rings is 3. The molecular formula is C25H27ClN2O6S. The Kier molecular flexibility index (Phi) is 7.71. The zero-order chi connectivity index (χ0) is 25.0. The van der Waals surface area contributed by atoms with Crippen molar-refractivity contribution in [2.75, 3.05) is 24.3 Å². The van der Waals surface area contributed by atoms with Gasteiger partial charge in [-0.2, -0.15) is 0 Å². The molecule has 1 aliphatic rings. The fourth-order valence-corrected chi connectivity index (χ4v) is 4.80.